The minimum absolute atomic E-state index is 0.238. The van der Waals surface area contributed by atoms with E-state index < -0.39 is 0 Å². The number of nitrogens with zero attached hydrogens (tertiary/aromatic N) is 2. The molecule has 1 atom stereocenters. The third-order valence-corrected chi connectivity index (χ3v) is 4.85. The highest BCUT2D eigenvalue weighted by molar-refractivity contribution is 5.53. The van der Waals surface area contributed by atoms with Gasteiger partial charge >= 0.3 is 0 Å². The Bertz CT molecular complexity index is 727. The average molecular weight is 295 g/mol. The van der Waals surface area contributed by atoms with Gasteiger partial charge in [-0.15, -0.1) is 0 Å². The van der Waals surface area contributed by atoms with E-state index in [1.807, 2.05) is 13.0 Å². The minimum atomic E-state index is 0.238. The number of nitrogens with one attached hydrogen (secondary N) is 1. The van der Waals surface area contributed by atoms with Gasteiger partial charge in [0.25, 0.3) is 0 Å². The zero-order valence-corrected chi connectivity index (χ0v) is 12.9. The molecule has 0 fully saturated rings. The molecule has 0 bridgehead atoms. The second kappa shape index (κ2) is 5.27. The first-order chi connectivity index (χ1) is 10.7. The van der Waals surface area contributed by atoms with E-state index >= 15 is 0 Å². The number of fused-ring (bicyclic) bond motifs is 2. The summed E-state index contributed by atoms with van der Waals surface area (Å²) in [7, 11) is 0. The Labute approximate surface area is 130 Å². The molecule has 2 N–H and O–H groups in total. The summed E-state index contributed by atoms with van der Waals surface area (Å²) in [5.74, 6) is 2.27. The van der Waals surface area contributed by atoms with Gasteiger partial charge in [-0.1, -0.05) is 12.1 Å². The molecule has 1 aromatic carbocycles. The summed E-state index contributed by atoms with van der Waals surface area (Å²) in [4.78, 5) is 9.28. The van der Waals surface area contributed by atoms with Crippen molar-refractivity contribution in [2.75, 3.05) is 5.32 Å². The standard InChI is InChI=1S/C18H21N3O/c1-11-19-15-7-3-2-5-14(15)18(20-11)21-16-10-9-13-12(16)6-4-8-17(13)22/h4,6,8,16,22H,2-3,5,7,9-10H2,1H3,(H,19,20,21). The van der Waals surface area contributed by atoms with Crippen LogP contribution in [0.25, 0.3) is 0 Å². The molecule has 0 spiro atoms. The van der Waals surface area contributed by atoms with Gasteiger partial charge in [-0.25, -0.2) is 9.97 Å². The van der Waals surface area contributed by atoms with Crippen molar-refractivity contribution >= 4 is 5.82 Å². The predicted molar refractivity (Wildman–Crippen MR) is 86.2 cm³/mol. The molecule has 0 radical (unpaired) electrons. The molecule has 0 saturated carbocycles. The number of aryl methyl sites for hydroxylation is 2. The molecule has 4 rings (SSSR count). The van der Waals surface area contributed by atoms with Crippen LogP contribution in [0.15, 0.2) is 18.2 Å². The van der Waals surface area contributed by atoms with E-state index in [2.05, 4.69) is 21.4 Å². The molecule has 0 amide bonds. The van der Waals surface area contributed by atoms with E-state index in [4.69, 9.17) is 0 Å². The van der Waals surface area contributed by atoms with E-state index in [1.54, 1.807) is 6.07 Å². The van der Waals surface area contributed by atoms with Crippen LogP contribution in [0.4, 0.5) is 5.82 Å². The highest BCUT2D eigenvalue weighted by atomic mass is 16.3. The number of aromatic hydroxyl groups is 1. The van der Waals surface area contributed by atoms with E-state index in [0.717, 1.165) is 42.9 Å². The highest BCUT2D eigenvalue weighted by Gasteiger charge is 2.26. The SMILES string of the molecule is Cc1nc2c(c(NC3CCc4c(O)cccc43)n1)CCCC2. The third-order valence-electron chi connectivity index (χ3n) is 4.85. The first-order valence-corrected chi connectivity index (χ1v) is 8.16. The number of phenols is 1. The topological polar surface area (TPSA) is 58.0 Å². The Morgan fingerprint density at radius 2 is 1.95 bits per heavy atom. The van der Waals surface area contributed by atoms with Gasteiger partial charge in [-0.05, 0) is 62.6 Å². The fourth-order valence-electron chi connectivity index (χ4n) is 3.79. The maximum absolute atomic E-state index is 10.00. The van der Waals surface area contributed by atoms with Crippen LogP contribution in [0.3, 0.4) is 0 Å². The van der Waals surface area contributed by atoms with E-state index in [0.29, 0.717) is 5.75 Å². The molecule has 2 aromatic rings. The minimum Gasteiger partial charge on any atom is -0.508 e. The molecule has 4 nitrogen and oxygen atoms in total. The lowest BCUT2D eigenvalue weighted by Gasteiger charge is -2.22. The third kappa shape index (κ3) is 2.23. The fourth-order valence-corrected chi connectivity index (χ4v) is 3.79. The van der Waals surface area contributed by atoms with Gasteiger partial charge in [0.1, 0.15) is 17.4 Å². The zero-order valence-electron chi connectivity index (χ0n) is 12.9. The molecule has 1 unspecified atom stereocenters. The quantitative estimate of drug-likeness (QED) is 0.890. The molecular weight excluding hydrogens is 274 g/mol. The molecule has 1 aromatic heterocycles. The van der Waals surface area contributed by atoms with Crippen LogP contribution in [-0.2, 0) is 19.3 Å². The maximum Gasteiger partial charge on any atom is 0.133 e. The average Bonchev–Trinajstić information content (AvgIpc) is 2.92. The van der Waals surface area contributed by atoms with Gasteiger partial charge in [-0.2, -0.15) is 0 Å². The Morgan fingerprint density at radius 3 is 2.86 bits per heavy atom. The van der Waals surface area contributed by atoms with Crippen LogP contribution in [0.1, 0.15) is 53.5 Å². The summed E-state index contributed by atoms with van der Waals surface area (Å²) in [5.41, 5.74) is 4.81. The second-order valence-corrected chi connectivity index (χ2v) is 6.33. The molecule has 2 aliphatic rings. The van der Waals surface area contributed by atoms with Crippen LogP contribution in [0, 0.1) is 6.92 Å². The number of hydrogen-bond donors (Lipinski definition) is 2. The maximum atomic E-state index is 10.00. The molecule has 4 heteroatoms. The van der Waals surface area contributed by atoms with Crippen LogP contribution in [0.2, 0.25) is 0 Å². The number of rotatable bonds is 2. The van der Waals surface area contributed by atoms with Crippen LogP contribution >= 0.6 is 0 Å². The largest absolute Gasteiger partial charge is 0.508 e. The van der Waals surface area contributed by atoms with Crippen LogP contribution in [-0.4, -0.2) is 15.1 Å². The van der Waals surface area contributed by atoms with Crippen molar-refractivity contribution in [2.24, 2.45) is 0 Å². The second-order valence-electron chi connectivity index (χ2n) is 6.33. The van der Waals surface area contributed by atoms with Crippen molar-refractivity contribution in [1.29, 1.82) is 0 Å². The number of hydrogen-bond acceptors (Lipinski definition) is 4. The first-order valence-electron chi connectivity index (χ1n) is 8.16. The van der Waals surface area contributed by atoms with E-state index in [-0.39, 0.29) is 6.04 Å². The Morgan fingerprint density at radius 1 is 1.09 bits per heavy atom. The first kappa shape index (κ1) is 13.6. The van der Waals surface area contributed by atoms with Crippen molar-refractivity contribution < 1.29 is 5.11 Å². The lowest BCUT2D eigenvalue weighted by molar-refractivity contribution is 0.469. The zero-order chi connectivity index (χ0) is 15.1. The summed E-state index contributed by atoms with van der Waals surface area (Å²) in [5, 5.41) is 13.6. The van der Waals surface area contributed by atoms with Crippen molar-refractivity contribution in [3.63, 3.8) is 0 Å². The van der Waals surface area contributed by atoms with Gasteiger partial charge < -0.3 is 10.4 Å². The normalized spacial score (nSPS) is 19.6. The summed E-state index contributed by atoms with van der Waals surface area (Å²) in [6, 6.07) is 6.05. The van der Waals surface area contributed by atoms with Crippen LogP contribution < -0.4 is 5.32 Å². The Balaban J connectivity index is 1.69. The molecule has 114 valence electrons. The molecule has 0 saturated heterocycles. The molecular formula is C18H21N3O. The van der Waals surface area contributed by atoms with Gasteiger partial charge in [0.15, 0.2) is 0 Å². The molecule has 0 aliphatic heterocycles. The van der Waals surface area contributed by atoms with Crippen LogP contribution in [0.5, 0.6) is 5.75 Å². The fraction of sp³-hybridized carbons (Fsp3) is 0.444. The van der Waals surface area contributed by atoms with Gasteiger partial charge in [0.2, 0.25) is 0 Å². The number of anilines is 1. The lowest BCUT2D eigenvalue weighted by atomic mass is 9.96. The Kier molecular flexibility index (Phi) is 3.25. The van der Waals surface area contributed by atoms with E-state index in [9.17, 15) is 5.11 Å². The number of phenolic OH excluding ortho intramolecular Hbond substituents is 1. The van der Waals surface area contributed by atoms with Crippen molar-refractivity contribution in [1.82, 2.24) is 9.97 Å². The van der Waals surface area contributed by atoms with Crippen molar-refractivity contribution in [3.8, 4) is 5.75 Å². The molecule has 2 aliphatic carbocycles. The summed E-state index contributed by atoms with van der Waals surface area (Å²) < 4.78 is 0. The van der Waals surface area contributed by atoms with Crippen molar-refractivity contribution in [2.45, 2.75) is 51.5 Å². The summed E-state index contributed by atoms with van der Waals surface area (Å²) in [6.45, 7) is 1.97. The summed E-state index contributed by atoms with van der Waals surface area (Å²) >= 11 is 0. The highest BCUT2D eigenvalue weighted by Crippen LogP contribution is 2.39. The monoisotopic (exact) mass is 295 g/mol. The van der Waals surface area contributed by atoms with Gasteiger partial charge in [0, 0.05) is 11.3 Å². The summed E-state index contributed by atoms with van der Waals surface area (Å²) in [6.07, 6.45) is 6.50. The lowest BCUT2D eigenvalue weighted by Crippen LogP contribution is -2.16. The number of benzene rings is 1. The van der Waals surface area contributed by atoms with Gasteiger partial charge in [0.05, 0.1) is 6.04 Å². The Hall–Kier alpha value is -2.10. The van der Waals surface area contributed by atoms with Crippen molar-refractivity contribution in [3.05, 3.63) is 46.4 Å². The predicted octanol–water partition coefficient (Wildman–Crippen LogP) is 3.47. The molecule has 1 heterocycles. The van der Waals surface area contributed by atoms with Gasteiger partial charge in [-0.3, -0.25) is 0 Å². The molecule has 22 heavy (non-hydrogen) atoms. The number of aromatic nitrogens is 2. The van der Waals surface area contributed by atoms with E-state index in [1.165, 1.54) is 29.7 Å². The smallest absolute Gasteiger partial charge is 0.133 e.